The van der Waals surface area contributed by atoms with Gasteiger partial charge in [-0.05, 0) is 71.3 Å². The first-order valence-corrected chi connectivity index (χ1v) is 18.9. The number of imidazole rings is 1. The molecule has 1 amide bonds. The van der Waals surface area contributed by atoms with E-state index < -0.39 is 12.3 Å². The van der Waals surface area contributed by atoms with Crippen LogP contribution in [0, 0.1) is 5.92 Å². The predicted molar refractivity (Wildman–Crippen MR) is 205 cm³/mol. The molecule has 0 aliphatic carbocycles. The summed E-state index contributed by atoms with van der Waals surface area (Å²) in [5, 5.41) is 21.4. The van der Waals surface area contributed by atoms with Crippen LogP contribution in [0.15, 0.2) is 102 Å². The Kier molecular flexibility index (Phi) is 11.7. The molecule has 0 spiro atoms. The van der Waals surface area contributed by atoms with E-state index in [0.717, 1.165) is 76.9 Å². The molecule has 282 valence electrons. The van der Waals surface area contributed by atoms with Gasteiger partial charge in [-0.15, -0.1) is 0 Å². The number of carbonyl (C=O) groups excluding carboxylic acids is 1. The van der Waals surface area contributed by atoms with Crippen LogP contribution in [0.3, 0.4) is 0 Å². The minimum atomic E-state index is -0.906. The van der Waals surface area contributed by atoms with E-state index in [9.17, 15) is 19.5 Å². The van der Waals surface area contributed by atoms with Gasteiger partial charge in [0.25, 0.3) is 0 Å². The van der Waals surface area contributed by atoms with Crippen molar-refractivity contribution >= 4 is 22.9 Å². The predicted octanol–water partition coefficient (Wildman–Crippen LogP) is 6.49. The number of para-hydroxylation sites is 2. The molecule has 11 heteroatoms. The summed E-state index contributed by atoms with van der Waals surface area (Å²) in [6.45, 7) is 4.92. The van der Waals surface area contributed by atoms with Crippen LogP contribution in [0.4, 0.5) is 0 Å². The molecule has 11 nitrogen and oxygen atoms in total. The molecule has 3 heterocycles. The Morgan fingerprint density at radius 2 is 1.59 bits per heavy atom. The van der Waals surface area contributed by atoms with Gasteiger partial charge in [0.1, 0.15) is 0 Å². The third kappa shape index (κ3) is 8.66. The van der Waals surface area contributed by atoms with E-state index in [1.807, 2.05) is 95.6 Å². The Balaban J connectivity index is 1.07. The Morgan fingerprint density at radius 1 is 0.852 bits per heavy atom. The highest BCUT2D eigenvalue weighted by Gasteiger charge is 2.40. The number of ether oxygens (including phenoxy) is 2. The van der Waals surface area contributed by atoms with Crippen molar-refractivity contribution in [3.05, 3.63) is 130 Å². The number of rotatable bonds is 13. The lowest BCUT2D eigenvalue weighted by molar-refractivity contribution is -0.276. The molecule has 4 aromatic carbocycles. The smallest absolute Gasteiger partial charge is 0.326 e. The van der Waals surface area contributed by atoms with Gasteiger partial charge in [-0.25, -0.2) is 4.79 Å². The Hall–Kier alpha value is -5.07. The van der Waals surface area contributed by atoms with E-state index in [0.29, 0.717) is 13.0 Å². The molecular weight excluding hydrogens is 684 g/mol. The summed E-state index contributed by atoms with van der Waals surface area (Å²) < 4.78 is 15.5. The van der Waals surface area contributed by atoms with Gasteiger partial charge in [0.2, 0.25) is 5.91 Å². The van der Waals surface area contributed by atoms with Gasteiger partial charge in [0.05, 0.1) is 29.8 Å². The maximum Gasteiger partial charge on any atom is 0.326 e. The fourth-order valence-corrected chi connectivity index (χ4v) is 7.79. The summed E-state index contributed by atoms with van der Waals surface area (Å²) in [5.41, 5.74) is 7.45. The second-order valence-electron chi connectivity index (χ2n) is 14.5. The third-order valence-electron chi connectivity index (χ3n) is 10.8. The number of benzene rings is 4. The van der Waals surface area contributed by atoms with E-state index in [1.165, 1.54) is 0 Å². The highest BCUT2D eigenvalue weighted by atomic mass is 16.7. The molecule has 54 heavy (non-hydrogen) atoms. The van der Waals surface area contributed by atoms with Gasteiger partial charge in [0.15, 0.2) is 6.29 Å². The topological polar surface area (TPSA) is 146 Å². The number of hydrogen-bond donors (Lipinski definition) is 4. The van der Waals surface area contributed by atoms with E-state index in [4.69, 9.17) is 14.6 Å². The highest BCUT2D eigenvalue weighted by molar-refractivity contribution is 5.77. The lowest BCUT2D eigenvalue weighted by Crippen LogP contribution is -2.47. The van der Waals surface area contributed by atoms with Crippen molar-refractivity contribution in [2.75, 3.05) is 19.6 Å². The van der Waals surface area contributed by atoms with Crippen LogP contribution in [-0.2, 0) is 32.2 Å². The molecule has 2 aliphatic heterocycles. The number of aromatic nitrogens is 2. The molecule has 2 aliphatic rings. The van der Waals surface area contributed by atoms with E-state index in [-0.39, 0.29) is 55.2 Å². The van der Waals surface area contributed by atoms with Gasteiger partial charge in [-0.1, -0.05) is 79.7 Å². The highest BCUT2D eigenvalue weighted by Crippen LogP contribution is 2.43. The summed E-state index contributed by atoms with van der Waals surface area (Å²) in [5.74, 6) is -1.04. The number of nitrogens with zero attached hydrogens (tertiary/aromatic N) is 2. The summed E-state index contributed by atoms with van der Waals surface area (Å²) in [6, 6.07) is 32.1. The molecule has 1 aromatic heterocycles. The van der Waals surface area contributed by atoms with Crippen molar-refractivity contribution in [2.45, 2.75) is 76.7 Å². The number of piperidine rings is 1. The van der Waals surface area contributed by atoms with Crippen molar-refractivity contribution < 1.29 is 29.3 Å². The summed E-state index contributed by atoms with van der Waals surface area (Å²) >= 11 is 0. The molecule has 7 rings (SSSR count). The largest absolute Gasteiger partial charge is 0.481 e. The third-order valence-corrected chi connectivity index (χ3v) is 10.8. The number of fused-ring (bicyclic) bond motifs is 1. The van der Waals surface area contributed by atoms with Gasteiger partial charge >= 0.3 is 11.7 Å². The summed E-state index contributed by atoms with van der Waals surface area (Å²) in [4.78, 5) is 41.4. The second-order valence-corrected chi connectivity index (χ2v) is 14.5. The first kappa shape index (κ1) is 37.3. The molecular formula is C43H48N4O7. The molecule has 2 saturated heterocycles. The van der Waals surface area contributed by atoms with Crippen LogP contribution >= 0.6 is 0 Å². The van der Waals surface area contributed by atoms with Gasteiger partial charge in [-0.2, -0.15) is 0 Å². The van der Waals surface area contributed by atoms with E-state index in [2.05, 4.69) is 28.2 Å². The normalized spacial score (nSPS) is 20.9. The Bertz CT molecular complexity index is 2120. The van der Waals surface area contributed by atoms with Crippen molar-refractivity contribution in [2.24, 2.45) is 5.92 Å². The zero-order valence-electron chi connectivity index (χ0n) is 30.5. The summed E-state index contributed by atoms with van der Waals surface area (Å²) in [7, 11) is 0. The maximum absolute atomic E-state index is 12.9. The minimum absolute atomic E-state index is 0.0243. The molecule has 4 atom stereocenters. The number of likely N-dealkylation sites (tertiary alicyclic amines) is 1. The van der Waals surface area contributed by atoms with Crippen LogP contribution in [0.25, 0.3) is 22.2 Å². The number of carboxylic acids is 1. The molecule has 0 bridgehead atoms. The van der Waals surface area contributed by atoms with Crippen LogP contribution in [0.5, 0.6) is 0 Å². The van der Waals surface area contributed by atoms with Crippen molar-refractivity contribution in [1.29, 1.82) is 0 Å². The number of aliphatic carboxylic acids is 1. The molecule has 0 saturated carbocycles. The number of H-pyrrole nitrogens is 1. The number of hydrogen-bond acceptors (Lipinski definition) is 7. The number of aliphatic hydroxyl groups is 1. The van der Waals surface area contributed by atoms with E-state index in [1.54, 1.807) is 0 Å². The lowest BCUT2D eigenvalue weighted by Gasteiger charge is -2.44. The first-order chi connectivity index (χ1) is 26.2. The van der Waals surface area contributed by atoms with Crippen LogP contribution in [0.1, 0.15) is 79.7 Å². The lowest BCUT2D eigenvalue weighted by atomic mass is 9.89. The number of nitrogens with one attached hydrogen (secondary N) is 2. The molecule has 4 N–H and O–H groups in total. The number of aromatic amines is 1. The minimum Gasteiger partial charge on any atom is -0.481 e. The van der Waals surface area contributed by atoms with Gasteiger partial charge in [0, 0.05) is 56.5 Å². The average Bonchev–Trinajstić information content (AvgIpc) is 3.53. The van der Waals surface area contributed by atoms with Gasteiger partial charge in [-0.3, -0.25) is 14.2 Å². The molecule has 2 fully saturated rings. The van der Waals surface area contributed by atoms with Crippen LogP contribution in [-0.4, -0.2) is 62.3 Å². The number of carbonyl (C=O) groups is 2. The van der Waals surface area contributed by atoms with Gasteiger partial charge < -0.3 is 34.9 Å². The number of carboxylic acid groups (broad SMARTS) is 1. The summed E-state index contributed by atoms with van der Waals surface area (Å²) in [6.07, 6.45) is 1.18. The number of amides is 1. The second kappa shape index (κ2) is 16.9. The monoisotopic (exact) mass is 732 g/mol. The fraction of sp³-hybridized carbons (Fsp3) is 0.372. The van der Waals surface area contributed by atoms with Crippen LogP contribution < -0.4 is 11.0 Å². The van der Waals surface area contributed by atoms with Crippen molar-refractivity contribution in [1.82, 2.24) is 19.8 Å². The molecule has 0 unspecified atom stereocenters. The zero-order valence-corrected chi connectivity index (χ0v) is 30.5. The van der Waals surface area contributed by atoms with Crippen LogP contribution in [0.2, 0.25) is 0 Å². The maximum atomic E-state index is 12.9. The molecule has 5 aromatic rings. The fourth-order valence-electron chi connectivity index (χ4n) is 7.79. The zero-order chi connectivity index (χ0) is 37.6. The average molecular weight is 733 g/mol. The number of aliphatic hydroxyl groups excluding tert-OH is 1. The van der Waals surface area contributed by atoms with E-state index >= 15 is 0 Å². The standard InChI is InChI=1S/C43H48N4O7/c1-28-38(26-46-21-19-35(20-22-46)47-37-12-3-2-11-36(37)45-43(47)52)53-42(54-41(28)31-17-15-29(27-48)16-18-31)34-10-5-9-33(24-34)32-8-4-7-30(23-32)25-44-39(49)13-6-14-40(50)51/h2-5,7-12,15-18,23-24,28,35,38,41-42,48H,6,13-14,19-22,25-27H2,1H3,(H,44,49)(H,45,52)(H,50,51)/t28-,38+,41+,42+/m0/s1. The van der Waals surface area contributed by atoms with Crippen molar-refractivity contribution in [3.8, 4) is 11.1 Å². The Labute approximate surface area is 314 Å². The SMILES string of the molecule is C[C@H]1[C@@H](CN2CCC(n3c(=O)[nH]c4ccccc43)CC2)O[C@@H](c2cccc(-c3cccc(CNC(=O)CCCC(=O)O)c3)c2)O[C@H]1c1ccc(CO)cc1. The molecule has 0 radical (unpaired) electrons. The quantitative estimate of drug-likeness (QED) is 0.108. The Morgan fingerprint density at radius 3 is 2.35 bits per heavy atom. The first-order valence-electron chi connectivity index (χ1n) is 18.9. The van der Waals surface area contributed by atoms with Crippen molar-refractivity contribution in [3.63, 3.8) is 0 Å².